The summed E-state index contributed by atoms with van der Waals surface area (Å²) < 4.78 is 5.89. The van der Waals surface area contributed by atoms with E-state index in [0.29, 0.717) is 19.3 Å². The van der Waals surface area contributed by atoms with Crippen LogP contribution in [0.3, 0.4) is 0 Å². The Bertz CT molecular complexity index is 1070. The zero-order valence-corrected chi connectivity index (χ0v) is 37.2. The highest BCUT2D eigenvalue weighted by molar-refractivity contribution is 5.77. The molecule has 0 aliphatic carbocycles. The summed E-state index contributed by atoms with van der Waals surface area (Å²) in [6, 6.07) is -0.718. The second kappa shape index (κ2) is 44.4. The predicted molar refractivity (Wildman–Crippen MR) is 245 cm³/mol. The number of ether oxygens (including phenoxy) is 1. The lowest BCUT2D eigenvalue weighted by molar-refractivity contribution is -0.151. The average Bonchev–Trinajstić information content (AvgIpc) is 3.20. The van der Waals surface area contributed by atoms with Gasteiger partial charge in [0.05, 0.1) is 25.2 Å². The van der Waals surface area contributed by atoms with E-state index in [2.05, 4.69) is 74.7 Å². The number of nitrogens with one attached hydrogen (secondary N) is 1. The zero-order valence-electron chi connectivity index (χ0n) is 37.2. The number of unbranched alkanes of at least 4 members (excludes halogenated alkanes) is 21. The third-order valence-electron chi connectivity index (χ3n) is 10.4. The minimum absolute atomic E-state index is 0.0436. The zero-order chi connectivity index (χ0) is 41.7. The maximum Gasteiger partial charge on any atom is 0.306 e. The van der Waals surface area contributed by atoms with Crippen molar-refractivity contribution in [3.63, 3.8) is 0 Å². The molecule has 0 aromatic carbocycles. The van der Waals surface area contributed by atoms with Gasteiger partial charge in [-0.05, 0) is 70.6 Å². The van der Waals surface area contributed by atoms with E-state index in [1.54, 1.807) is 0 Å². The maximum atomic E-state index is 13.1. The second-order valence-corrected chi connectivity index (χ2v) is 15.9. The van der Waals surface area contributed by atoms with Gasteiger partial charge in [-0.1, -0.05) is 203 Å². The fourth-order valence-electron chi connectivity index (χ4n) is 6.78. The van der Waals surface area contributed by atoms with Crippen LogP contribution in [-0.4, -0.2) is 46.9 Å². The molecule has 0 spiro atoms. The van der Waals surface area contributed by atoms with Gasteiger partial charge in [-0.25, -0.2) is 0 Å². The van der Waals surface area contributed by atoms with E-state index in [4.69, 9.17) is 4.74 Å². The summed E-state index contributed by atoms with van der Waals surface area (Å²) in [5, 5.41) is 23.6. The van der Waals surface area contributed by atoms with E-state index in [0.717, 1.165) is 77.0 Å². The number of carbonyl (C=O) groups is 2. The van der Waals surface area contributed by atoms with Crippen LogP contribution in [0.25, 0.3) is 0 Å². The molecule has 0 saturated carbocycles. The Balaban J connectivity index is 4.69. The molecular formula is C51H89NO5. The van der Waals surface area contributed by atoms with Gasteiger partial charge in [0, 0.05) is 6.42 Å². The van der Waals surface area contributed by atoms with Crippen LogP contribution < -0.4 is 5.32 Å². The molecular weight excluding hydrogens is 707 g/mol. The van der Waals surface area contributed by atoms with Gasteiger partial charge >= 0.3 is 5.97 Å². The van der Waals surface area contributed by atoms with E-state index in [9.17, 15) is 19.8 Å². The number of hydrogen-bond acceptors (Lipinski definition) is 5. The van der Waals surface area contributed by atoms with Crippen LogP contribution in [0, 0.1) is 0 Å². The lowest BCUT2D eigenvalue weighted by Crippen LogP contribution is -2.46. The molecule has 3 atom stereocenters. The Morgan fingerprint density at radius 3 is 1.51 bits per heavy atom. The van der Waals surface area contributed by atoms with Crippen LogP contribution in [0.5, 0.6) is 0 Å². The summed E-state index contributed by atoms with van der Waals surface area (Å²) in [5.74, 6) is -0.532. The van der Waals surface area contributed by atoms with Crippen LogP contribution in [0.2, 0.25) is 0 Å². The first-order valence-electron chi connectivity index (χ1n) is 23.7. The highest BCUT2D eigenvalue weighted by Crippen LogP contribution is 2.17. The highest BCUT2D eigenvalue weighted by atomic mass is 16.5. The van der Waals surface area contributed by atoms with Crippen LogP contribution in [0.15, 0.2) is 72.9 Å². The van der Waals surface area contributed by atoms with Gasteiger partial charge in [-0.15, -0.1) is 0 Å². The Labute approximate surface area is 351 Å². The van der Waals surface area contributed by atoms with Crippen LogP contribution in [0.1, 0.15) is 213 Å². The van der Waals surface area contributed by atoms with Crippen molar-refractivity contribution in [2.75, 3.05) is 6.61 Å². The van der Waals surface area contributed by atoms with Gasteiger partial charge in [0.1, 0.15) is 6.10 Å². The topological polar surface area (TPSA) is 95.9 Å². The molecule has 6 heteroatoms. The largest absolute Gasteiger partial charge is 0.462 e. The number of hydrogen-bond donors (Lipinski definition) is 3. The monoisotopic (exact) mass is 796 g/mol. The molecule has 0 bridgehead atoms. The van der Waals surface area contributed by atoms with Crippen molar-refractivity contribution < 1.29 is 24.5 Å². The smallest absolute Gasteiger partial charge is 0.306 e. The van der Waals surface area contributed by atoms with Crippen molar-refractivity contribution >= 4 is 11.9 Å². The number of allylic oxidation sites excluding steroid dienone is 12. The van der Waals surface area contributed by atoms with Crippen molar-refractivity contribution in [1.29, 1.82) is 0 Å². The Morgan fingerprint density at radius 1 is 0.526 bits per heavy atom. The van der Waals surface area contributed by atoms with Crippen LogP contribution in [0.4, 0.5) is 0 Å². The van der Waals surface area contributed by atoms with Crippen molar-refractivity contribution in [3.8, 4) is 0 Å². The summed E-state index contributed by atoms with van der Waals surface area (Å²) in [6.07, 6.45) is 55.3. The molecule has 3 N–H and O–H groups in total. The number of rotatable bonds is 41. The van der Waals surface area contributed by atoms with E-state index in [1.807, 2.05) is 24.3 Å². The number of carbonyl (C=O) groups excluding carboxylic acids is 2. The first-order chi connectivity index (χ1) is 28.0. The molecule has 0 fully saturated rings. The van der Waals surface area contributed by atoms with Crippen LogP contribution >= 0.6 is 0 Å². The minimum Gasteiger partial charge on any atom is -0.462 e. The predicted octanol–water partition coefficient (Wildman–Crippen LogP) is 13.8. The fourth-order valence-corrected chi connectivity index (χ4v) is 6.78. The first kappa shape index (κ1) is 54.3. The molecule has 6 nitrogen and oxygen atoms in total. The average molecular weight is 796 g/mol. The van der Waals surface area contributed by atoms with E-state index < -0.39 is 18.2 Å². The molecule has 3 unspecified atom stereocenters. The van der Waals surface area contributed by atoms with Gasteiger partial charge in [-0.3, -0.25) is 9.59 Å². The molecule has 0 aromatic rings. The highest BCUT2D eigenvalue weighted by Gasteiger charge is 2.24. The lowest BCUT2D eigenvalue weighted by atomic mass is 10.0. The van der Waals surface area contributed by atoms with Crippen molar-refractivity contribution in [2.45, 2.75) is 232 Å². The summed E-state index contributed by atoms with van der Waals surface area (Å²) in [4.78, 5) is 26.0. The Morgan fingerprint density at radius 2 is 0.947 bits per heavy atom. The molecule has 0 heterocycles. The summed E-state index contributed by atoms with van der Waals surface area (Å²) in [6.45, 7) is 6.27. The van der Waals surface area contributed by atoms with Gasteiger partial charge in [-0.2, -0.15) is 0 Å². The SMILES string of the molecule is CC/C=C/C=C/C=C/C=C\CCCCCC(CC(=O)NC(CO)C(O)CCCCCCCCCCCC)OC(=O)CCCCCCCC/C=C/C=C/CCCCC. The molecule has 328 valence electrons. The lowest BCUT2D eigenvalue weighted by Gasteiger charge is -2.24. The number of aliphatic hydroxyl groups excluding tert-OH is 2. The number of amides is 1. The van der Waals surface area contributed by atoms with Crippen molar-refractivity contribution in [3.05, 3.63) is 72.9 Å². The van der Waals surface area contributed by atoms with E-state index in [-0.39, 0.29) is 24.9 Å². The molecule has 0 rings (SSSR count). The summed E-state index contributed by atoms with van der Waals surface area (Å²) in [5.41, 5.74) is 0. The third-order valence-corrected chi connectivity index (χ3v) is 10.4. The van der Waals surface area contributed by atoms with Gasteiger partial charge in [0.15, 0.2) is 0 Å². The molecule has 0 aromatic heterocycles. The summed E-state index contributed by atoms with van der Waals surface area (Å²) in [7, 11) is 0. The quantitative estimate of drug-likeness (QED) is 0.0325. The molecule has 0 aliphatic rings. The third kappa shape index (κ3) is 39.9. The molecule has 0 aliphatic heterocycles. The van der Waals surface area contributed by atoms with E-state index >= 15 is 0 Å². The normalized spacial score (nSPS) is 14.0. The Hall–Kier alpha value is -2.70. The second-order valence-electron chi connectivity index (χ2n) is 15.9. The van der Waals surface area contributed by atoms with Gasteiger partial charge in [0.2, 0.25) is 5.91 Å². The number of esters is 1. The van der Waals surface area contributed by atoms with Crippen LogP contribution in [-0.2, 0) is 14.3 Å². The van der Waals surface area contributed by atoms with Crippen molar-refractivity contribution in [2.24, 2.45) is 0 Å². The first-order valence-corrected chi connectivity index (χ1v) is 23.7. The Kier molecular flexibility index (Phi) is 42.3. The van der Waals surface area contributed by atoms with Gasteiger partial charge < -0.3 is 20.3 Å². The molecule has 0 radical (unpaired) electrons. The number of aliphatic hydroxyl groups is 2. The fraction of sp³-hybridized carbons (Fsp3) is 0.725. The van der Waals surface area contributed by atoms with Crippen molar-refractivity contribution in [1.82, 2.24) is 5.32 Å². The van der Waals surface area contributed by atoms with E-state index in [1.165, 1.54) is 89.9 Å². The standard InChI is InChI=1S/C51H89NO5/c1-4-7-10-13-16-19-22-24-25-27-29-32-35-38-41-44-51(56)57-47(42-39-36-33-30-28-26-23-20-17-14-11-8-5-2)45-50(55)52-48(46-53)49(54)43-40-37-34-31-21-18-15-12-9-6-3/h8,11,14,16-17,19-20,22-24,26,28,47-49,53-54H,4-7,9-10,12-13,15,18,21,25,27,29-46H2,1-3H3,(H,52,55)/b11-8+,17-14+,19-16+,23-20+,24-22+,28-26-. The maximum absolute atomic E-state index is 13.1. The van der Waals surface area contributed by atoms with Gasteiger partial charge in [0.25, 0.3) is 0 Å². The molecule has 57 heavy (non-hydrogen) atoms. The summed E-state index contributed by atoms with van der Waals surface area (Å²) >= 11 is 0. The molecule has 1 amide bonds. The molecule has 0 saturated heterocycles. The minimum atomic E-state index is -0.801.